The number of aliphatic hydroxyl groups is 1. The third kappa shape index (κ3) is 5.35. The molecule has 0 saturated carbocycles. The molecule has 1 rings (SSSR count). The average Bonchev–Trinajstić information content (AvgIpc) is 2.25. The SMILES string of the molecule is Cc1cc(Cl)ncc1OCC(O)COC(C)C. The normalized spacial score (nSPS) is 12.8. The van der Waals surface area contributed by atoms with Gasteiger partial charge < -0.3 is 14.6 Å². The third-order valence-corrected chi connectivity index (χ3v) is 2.29. The van der Waals surface area contributed by atoms with Crippen molar-refractivity contribution in [2.75, 3.05) is 13.2 Å². The first-order chi connectivity index (χ1) is 7.99. The molecule has 1 atom stereocenters. The molecule has 4 nitrogen and oxygen atoms in total. The summed E-state index contributed by atoms with van der Waals surface area (Å²) in [4.78, 5) is 3.92. The lowest BCUT2D eigenvalue weighted by Crippen LogP contribution is -2.25. The van der Waals surface area contributed by atoms with Crippen molar-refractivity contribution < 1.29 is 14.6 Å². The molecule has 5 heteroatoms. The molecule has 0 spiro atoms. The van der Waals surface area contributed by atoms with Gasteiger partial charge in [0.2, 0.25) is 0 Å². The van der Waals surface area contributed by atoms with Crippen molar-refractivity contribution in [2.24, 2.45) is 0 Å². The summed E-state index contributed by atoms with van der Waals surface area (Å²) >= 11 is 5.73. The van der Waals surface area contributed by atoms with Crippen LogP contribution in [0.25, 0.3) is 0 Å². The van der Waals surface area contributed by atoms with Gasteiger partial charge in [0.15, 0.2) is 0 Å². The van der Waals surface area contributed by atoms with Crippen LogP contribution in [0, 0.1) is 6.92 Å². The molecule has 1 aromatic rings. The van der Waals surface area contributed by atoms with Gasteiger partial charge in [0.1, 0.15) is 23.6 Å². The molecule has 96 valence electrons. The van der Waals surface area contributed by atoms with E-state index in [0.717, 1.165) is 5.56 Å². The number of hydrogen-bond acceptors (Lipinski definition) is 4. The lowest BCUT2D eigenvalue weighted by molar-refractivity contribution is -0.0124. The quantitative estimate of drug-likeness (QED) is 0.796. The first kappa shape index (κ1) is 14.2. The molecule has 1 aromatic heterocycles. The lowest BCUT2D eigenvalue weighted by atomic mass is 10.3. The lowest BCUT2D eigenvalue weighted by Gasteiger charge is -2.15. The highest BCUT2D eigenvalue weighted by molar-refractivity contribution is 6.29. The zero-order valence-corrected chi connectivity index (χ0v) is 11.1. The Morgan fingerprint density at radius 1 is 1.41 bits per heavy atom. The van der Waals surface area contributed by atoms with E-state index in [1.165, 1.54) is 0 Å². The maximum absolute atomic E-state index is 9.61. The van der Waals surface area contributed by atoms with Crippen LogP contribution in [0.2, 0.25) is 5.15 Å². The minimum absolute atomic E-state index is 0.101. The summed E-state index contributed by atoms with van der Waals surface area (Å²) in [7, 11) is 0. The highest BCUT2D eigenvalue weighted by Crippen LogP contribution is 2.19. The summed E-state index contributed by atoms with van der Waals surface area (Å²) in [6.45, 7) is 6.15. The van der Waals surface area contributed by atoms with Crippen LogP contribution >= 0.6 is 11.6 Å². The van der Waals surface area contributed by atoms with Gasteiger partial charge in [0.05, 0.1) is 18.9 Å². The van der Waals surface area contributed by atoms with E-state index in [0.29, 0.717) is 10.9 Å². The second-order valence-corrected chi connectivity index (χ2v) is 4.51. The maximum Gasteiger partial charge on any atom is 0.140 e. The molecule has 0 saturated heterocycles. The summed E-state index contributed by atoms with van der Waals surface area (Å²) < 4.78 is 10.7. The molecule has 1 unspecified atom stereocenters. The molecule has 0 radical (unpaired) electrons. The first-order valence-corrected chi connectivity index (χ1v) is 5.91. The average molecular weight is 260 g/mol. The molecule has 17 heavy (non-hydrogen) atoms. The minimum Gasteiger partial charge on any atom is -0.489 e. The van der Waals surface area contributed by atoms with Gasteiger partial charge in [-0.15, -0.1) is 0 Å². The summed E-state index contributed by atoms with van der Waals surface area (Å²) in [5.74, 6) is 0.623. The number of pyridine rings is 1. The number of ether oxygens (including phenoxy) is 2. The van der Waals surface area contributed by atoms with Gasteiger partial charge in [0.25, 0.3) is 0 Å². The number of aromatic nitrogens is 1. The van der Waals surface area contributed by atoms with Gasteiger partial charge in [0, 0.05) is 0 Å². The van der Waals surface area contributed by atoms with E-state index in [-0.39, 0.29) is 19.3 Å². The number of hydrogen-bond donors (Lipinski definition) is 1. The van der Waals surface area contributed by atoms with Crippen LogP contribution in [0.3, 0.4) is 0 Å². The van der Waals surface area contributed by atoms with E-state index in [4.69, 9.17) is 21.1 Å². The van der Waals surface area contributed by atoms with E-state index in [2.05, 4.69) is 4.98 Å². The van der Waals surface area contributed by atoms with Crippen LogP contribution in [0.15, 0.2) is 12.3 Å². The van der Waals surface area contributed by atoms with Crippen LogP contribution in [0.5, 0.6) is 5.75 Å². The number of halogens is 1. The predicted molar refractivity (Wildman–Crippen MR) is 66.6 cm³/mol. The molecular formula is C12H18ClNO3. The van der Waals surface area contributed by atoms with Crippen LogP contribution in [-0.4, -0.2) is 35.5 Å². The van der Waals surface area contributed by atoms with Gasteiger partial charge in [-0.3, -0.25) is 0 Å². The van der Waals surface area contributed by atoms with Crippen LogP contribution < -0.4 is 4.74 Å². The van der Waals surface area contributed by atoms with Crippen LogP contribution in [0.1, 0.15) is 19.4 Å². The first-order valence-electron chi connectivity index (χ1n) is 5.53. The number of aryl methyl sites for hydroxylation is 1. The fourth-order valence-electron chi connectivity index (χ4n) is 1.20. The maximum atomic E-state index is 9.61. The van der Waals surface area contributed by atoms with Crippen molar-refractivity contribution in [1.29, 1.82) is 0 Å². The molecule has 0 bridgehead atoms. The second kappa shape index (κ2) is 6.79. The molecule has 0 amide bonds. The summed E-state index contributed by atoms with van der Waals surface area (Å²) in [6.07, 6.45) is 1.00. The van der Waals surface area contributed by atoms with Crippen molar-refractivity contribution >= 4 is 11.6 Å². The summed E-state index contributed by atoms with van der Waals surface area (Å²) in [5, 5.41) is 10.0. The van der Waals surface area contributed by atoms with Gasteiger partial charge in [-0.05, 0) is 32.4 Å². The Labute approximate surface area is 107 Å². The summed E-state index contributed by atoms with van der Waals surface area (Å²) in [5.41, 5.74) is 0.891. The van der Waals surface area contributed by atoms with Crippen LogP contribution in [-0.2, 0) is 4.74 Å². The molecule has 0 aliphatic heterocycles. The largest absolute Gasteiger partial charge is 0.489 e. The zero-order chi connectivity index (χ0) is 12.8. The van der Waals surface area contributed by atoms with Crippen molar-refractivity contribution in [3.8, 4) is 5.75 Å². The molecule has 1 heterocycles. The Hall–Kier alpha value is -0.840. The van der Waals surface area contributed by atoms with Gasteiger partial charge >= 0.3 is 0 Å². The fraction of sp³-hybridized carbons (Fsp3) is 0.583. The van der Waals surface area contributed by atoms with Crippen molar-refractivity contribution in [1.82, 2.24) is 4.98 Å². The molecule has 0 aliphatic carbocycles. The third-order valence-electron chi connectivity index (χ3n) is 2.08. The van der Waals surface area contributed by atoms with E-state index in [9.17, 15) is 5.11 Å². The van der Waals surface area contributed by atoms with E-state index in [1.807, 2.05) is 20.8 Å². The smallest absolute Gasteiger partial charge is 0.140 e. The topological polar surface area (TPSA) is 51.6 Å². The fourth-order valence-corrected chi connectivity index (χ4v) is 1.41. The van der Waals surface area contributed by atoms with Crippen molar-refractivity contribution in [3.05, 3.63) is 23.0 Å². The van der Waals surface area contributed by atoms with Crippen molar-refractivity contribution in [3.63, 3.8) is 0 Å². The van der Waals surface area contributed by atoms with E-state index in [1.54, 1.807) is 12.3 Å². The van der Waals surface area contributed by atoms with Crippen molar-refractivity contribution in [2.45, 2.75) is 33.0 Å². The Bertz CT molecular complexity index is 358. The highest BCUT2D eigenvalue weighted by Gasteiger charge is 2.08. The zero-order valence-electron chi connectivity index (χ0n) is 10.3. The monoisotopic (exact) mass is 259 g/mol. The summed E-state index contributed by atoms with van der Waals surface area (Å²) in [6, 6.07) is 1.72. The molecule has 1 N–H and O–H groups in total. The minimum atomic E-state index is -0.646. The van der Waals surface area contributed by atoms with E-state index >= 15 is 0 Å². The molecular weight excluding hydrogens is 242 g/mol. The molecule has 0 aromatic carbocycles. The standard InChI is InChI=1S/C12H18ClNO3/c1-8(2)16-6-10(15)7-17-11-5-14-12(13)4-9(11)3/h4-5,8,10,15H,6-7H2,1-3H3. The molecule has 0 fully saturated rings. The number of nitrogens with zero attached hydrogens (tertiary/aromatic N) is 1. The Balaban J connectivity index is 2.39. The molecule has 0 aliphatic rings. The Kier molecular flexibility index (Phi) is 5.68. The Morgan fingerprint density at radius 2 is 2.12 bits per heavy atom. The van der Waals surface area contributed by atoms with Gasteiger partial charge in [-0.1, -0.05) is 11.6 Å². The number of aliphatic hydroxyl groups excluding tert-OH is 1. The second-order valence-electron chi connectivity index (χ2n) is 4.12. The van der Waals surface area contributed by atoms with E-state index < -0.39 is 6.10 Å². The number of rotatable bonds is 6. The van der Waals surface area contributed by atoms with Gasteiger partial charge in [-0.25, -0.2) is 4.98 Å². The highest BCUT2D eigenvalue weighted by atomic mass is 35.5. The Morgan fingerprint density at radius 3 is 2.71 bits per heavy atom. The van der Waals surface area contributed by atoms with Crippen LogP contribution in [0.4, 0.5) is 0 Å². The predicted octanol–water partition coefficient (Wildman–Crippen LogP) is 2.21. The van der Waals surface area contributed by atoms with Gasteiger partial charge in [-0.2, -0.15) is 0 Å².